The van der Waals surface area contributed by atoms with Gasteiger partial charge < -0.3 is 15.2 Å². The first-order valence-corrected chi connectivity index (χ1v) is 5.39. The SMILES string of the molecule is COc1cccnc1C(N)C(OC)C(C)C. The fourth-order valence-corrected chi connectivity index (χ4v) is 1.81. The normalized spacial score (nSPS) is 14.9. The Morgan fingerprint density at radius 2 is 2.00 bits per heavy atom. The summed E-state index contributed by atoms with van der Waals surface area (Å²) in [7, 11) is 3.28. The van der Waals surface area contributed by atoms with Crippen LogP contribution in [0.3, 0.4) is 0 Å². The minimum Gasteiger partial charge on any atom is -0.495 e. The van der Waals surface area contributed by atoms with E-state index in [0.29, 0.717) is 11.7 Å². The van der Waals surface area contributed by atoms with Crippen molar-refractivity contribution in [3.8, 4) is 5.75 Å². The van der Waals surface area contributed by atoms with Crippen LogP contribution in [0.4, 0.5) is 0 Å². The van der Waals surface area contributed by atoms with E-state index in [1.54, 1.807) is 20.4 Å². The Bertz CT molecular complexity index is 329. The molecule has 90 valence electrons. The minimum atomic E-state index is -0.277. The van der Waals surface area contributed by atoms with E-state index in [0.717, 1.165) is 5.69 Å². The standard InChI is InChI=1S/C12H20N2O2/c1-8(2)12(16-4)10(13)11-9(15-3)6-5-7-14-11/h5-8,10,12H,13H2,1-4H3. The number of rotatable bonds is 5. The molecule has 1 heterocycles. The lowest BCUT2D eigenvalue weighted by Crippen LogP contribution is -2.33. The fraction of sp³-hybridized carbons (Fsp3) is 0.583. The largest absolute Gasteiger partial charge is 0.495 e. The molecule has 1 aromatic rings. The molecule has 0 saturated carbocycles. The summed E-state index contributed by atoms with van der Waals surface area (Å²) in [5.41, 5.74) is 6.90. The van der Waals surface area contributed by atoms with E-state index in [1.807, 2.05) is 12.1 Å². The molecule has 16 heavy (non-hydrogen) atoms. The van der Waals surface area contributed by atoms with Gasteiger partial charge in [0.2, 0.25) is 0 Å². The topological polar surface area (TPSA) is 57.4 Å². The number of nitrogens with two attached hydrogens (primary N) is 1. The predicted molar refractivity (Wildman–Crippen MR) is 63.4 cm³/mol. The first-order valence-electron chi connectivity index (χ1n) is 5.39. The van der Waals surface area contributed by atoms with Crippen LogP contribution in [-0.4, -0.2) is 25.3 Å². The Labute approximate surface area is 96.8 Å². The summed E-state index contributed by atoms with van der Waals surface area (Å²) >= 11 is 0. The van der Waals surface area contributed by atoms with Crippen LogP contribution in [0.15, 0.2) is 18.3 Å². The van der Waals surface area contributed by atoms with Gasteiger partial charge in [-0.2, -0.15) is 0 Å². The second-order valence-electron chi connectivity index (χ2n) is 4.06. The van der Waals surface area contributed by atoms with Crippen LogP contribution in [-0.2, 0) is 4.74 Å². The quantitative estimate of drug-likeness (QED) is 0.828. The van der Waals surface area contributed by atoms with Gasteiger partial charge in [0.25, 0.3) is 0 Å². The average Bonchev–Trinajstić information content (AvgIpc) is 2.29. The van der Waals surface area contributed by atoms with Crippen molar-refractivity contribution in [1.82, 2.24) is 4.98 Å². The maximum absolute atomic E-state index is 6.16. The van der Waals surface area contributed by atoms with Crippen LogP contribution in [0.2, 0.25) is 0 Å². The monoisotopic (exact) mass is 224 g/mol. The molecule has 0 radical (unpaired) electrons. The van der Waals surface area contributed by atoms with Gasteiger partial charge in [-0.3, -0.25) is 4.98 Å². The summed E-state index contributed by atoms with van der Waals surface area (Å²) in [6, 6.07) is 3.41. The molecule has 0 fully saturated rings. The molecule has 0 aliphatic rings. The second-order valence-corrected chi connectivity index (χ2v) is 4.06. The number of pyridine rings is 1. The minimum absolute atomic E-state index is 0.0659. The third-order valence-electron chi connectivity index (χ3n) is 2.62. The maximum atomic E-state index is 6.16. The Morgan fingerprint density at radius 3 is 2.50 bits per heavy atom. The summed E-state index contributed by atoms with van der Waals surface area (Å²) < 4.78 is 10.6. The zero-order valence-corrected chi connectivity index (χ0v) is 10.3. The van der Waals surface area contributed by atoms with E-state index in [1.165, 1.54) is 0 Å². The first-order chi connectivity index (χ1) is 7.61. The Kier molecular flexibility index (Phi) is 4.71. The van der Waals surface area contributed by atoms with Crippen molar-refractivity contribution in [2.45, 2.75) is 26.0 Å². The number of hydrogen-bond acceptors (Lipinski definition) is 4. The van der Waals surface area contributed by atoms with E-state index in [9.17, 15) is 0 Å². The predicted octanol–water partition coefficient (Wildman–Crippen LogP) is 1.76. The summed E-state index contributed by atoms with van der Waals surface area (Å²) in [6.45, 7) is 4.15. The summed E-state index contributed by atoms with van der Waals surface area (Å²) in [5.74, 6) is 1.03. The fourth-order valence-electron chi connectivity index (χ4n) is 1.81. The third-order valence-corrected chi connectivity index (χ3v) is 2.62. The molecule has 0 saturated heterocycles. The second kappa shape index (κ2) is 5.82. The molecule has 0 bridgehead atoms. The van der Waals surface area contributed by atoms with Crippen molar-refractivity contribution < 1.29 is 9.47 Å². The molecule has 2 N–H and O–H groups in total. The molecule has 4 heteroatoms. The molecular formula is C12H20N2O2. The molecule has 1 rings (SSSR count). The lowest BCUT2D eigenvalue weighted by molar-refractivity contribution is 0.0420. The Hall–Kier alpha value is -1.13. The summed E-state index contributed by atoms with van der Waals surface area (Å²) in [6.07, 6.45) is 1.65. The zero-order chi connectivity index (χ0) is 12.1. The van der Waals surface area contributed by atoms with E-state index < -0.39 is 0 Å². The number of methoxy groups -OCH3 is 2. The number of ether oxygens (including phenoxy) is 2. The summed E-state index contributed by atoms with van der Waals surface area (Å²) in [5, 5.41) is 0. The highest BCUT2D eigenvalue weighted by Gasteiger charge is 2.25. The van der Waals surface area contributed by atoms with Gasteiger partial charge in [-0.25, -0.2) is 0 Å². The van der Waals surface area contributed by atoms with Crippen molar-refractivity contribution in [3.05, 3.63) is 24.0 Å². The van der Waals surface area contributed by atoms with Crippen LogP contribution in [0, 0.1) is 5.92 Å². The van der Waals surface area contributed by atoms with Crippen LogP contribution < -0.4 is 10.5 Å². The van der Waals surface area contributed by atoms with Crippen molar-refractivity contribution >= 4 is 0 Å². The van der Waals surface area contributed by atoms with Crippen LogP contribution in [0.5, 0.6) is 5.75 Å². The van der Waals surface area contributed by atoms with E-state index in [2.05, 4.69) is 18.8 Å². The molecule has 0 amide bonds. The van der Waals surface area contributed by atoms with E-state index in [4.69, 9.17) is 15.2 Å². The van der Waals surface area contributed by atoms with Crippen molar-refractivity contribution in [3.63, 3.8) is 0 Å². The van der Waals surface area contributed by atoms with Crippen molar-refractivity contribution in [2.24, 2.45) is 11.7 Å². The highest BCUT2D eigenvalue weighted by molar-refractivity contribution is 5.30. The van der Waals surface area contributed by atoms with Crippen LogP contribution >= 0.6 is 0 Å². The van der Waals surface area contributed by atoms with Gasteiger partial charge in [-0.05, 0) is 18.1 Å². The number of hydrogen-bond donors (Lipinski definition) is 1. The van der Waals surface area contributed by atoms with Gasteiger partial charge in [-0.15, -0.1) is 0 Å². The molecule has 2 unspecified atom stereocenters. The molecule has 2 atom stereocenters. The Morgan fingerprint density at radius 1 is 1.31 bits per heavy atom. The van der Waals surface area contributed by atoms with Gasteiger partial charge in [0, 0.05) is 13.3 Å². The van der Waals surface area contributed by atoms with Gasteiger partial charge >= 0.3 is 0 Å². The molecular weight excluding hydrogens is 204 g/mol. The number of aromatic nitrogens is 1. The zero-order valence-electron chi connectivity index (χ0n) is 10.3. The first kappa shape index (κ1) is 12.9. The van der Waals surface area contributed by atoms with Crippen LogP contribution in [0.25, 0.3) is 0 Å². The lowest BCUT2D eigenvalue weighted by atomic mass is 9.97. The third kappa shape index (κ3) is 2.71. The van der Waals surface area contributed by atoms with Gasteiger partial charge in [0.05, 0.1) is 19.3 Å². The lowest BCUT2D eigenvalue weighted by Gasteiger charge is -2.26. The van der Waals surface area contributed by atoms with Crippen molar-refractivity contribution in [2.75, 3.05) is 14.2 Å². The molecule has 1 aromatic heterocycles. The molecule has 0 spiro atoms. The molecule has 4 nitrogen and oxygen atoms in total. The van der Waals surface area contributed by atoms with Gasteiger partial charge in [-0.1, -0.05) is 13.8 Å². The van der Waals surface area contributed by atoms with Gasteiger partial charge in [0.15, 0.2) is 0 Å². The van der Waals surface area contributed by atoms with Gasteiger partial charge in [0.1, 0.15) is 11.4 Å². The average molecular weight is 224 g/mol. The summed E-state index contributed by atoms with van der Waals surface area (Å²) in [4.78, 5) is 4.27. The number of nitrogens with zero attached hydrogens (tertiary/aromatic N) is 1. The highest BCUT2D eigenvalue weighted by Crippen LogP contribution is 2.27. The highest BCUT2D eigenvalue weighted by atomic mass is 16.5. The van der Waals surface area contributed by atoms with E-state index >= 15 is 0 Å². The molecule has 0 aromatic carbocycles. The van der Waals surface area contributed by atoms with Crippen molar-refractivity contribution in [1.29, 1.82) is 0 Å². The molecule has 0 aliphatic carbocycles. The molecule has 0 aliphatic heterocycles. The smallest absolute Gasteiger partial charge is 0.142 e. The maximum Gasteiger partial charge on any atom is 0.142 e. The van der Waals surface area contributed by atoms with E-state index in [-0.39, 0.29) is 12.1 Å². The Balaban J connectivity index is 2.98. The van der Waals surface area contributed by atoms with Crippen LogP contribution in [0.1, 0.15) is 25.6 Å².